The molecule has 3 aromatic rings. The van der Waals surface area contributed by atoms with Gasteiger partial charge < -0.3 is 25.6 Å². The Morgan fingerprint density at radius 3 is 2.60 bits per heavy atom. The Hall–Kier alpha value is -3.27. The first kappa shape index (κ1) is 31.2. The van der Waals surface area contributed by atoms with Crippen LogP contribution in [0.2, 0.25) is 10.0 Å². The maximum atomic E-state index is 13.8. The number of piperidine rings is 1. The van der Waals surface area contributed by atoms with Crippen LogP contribution in [0.4, 0.5) is 16.2 Å². The number of halogens is 3. The van der Waals surface area contributed by atoms with Crippen molar-refractivity contribution in [3.63, 3.8) is 0 Å². The highest BCUT2D eigenvalue weighted by Crippen LogP contribution is 2.43. The first-order chi connectivity index (χ1) is 20.3. The molecule has 226 valence electrons. The topological polar surface area (TPSA) is 99.8 Å². The summed E-state index contributed by atoms with van der Waals surface area (Å²) in [6, 6.07) is 17.6. The predicted octanol–water partition coefficient (Wildman–Crippen LogP) is 7.39. The lowest BCUT2D eigenvalue weighted by atomic mass is 9.84. The number of ether oxygens (including phenoxy) is 1. The van der Waals surface area contributed by atoms with E-state index < -0.39 is 17.2 Å². The van der Waals surface area contributed by atoms with Crippen LogP contribution < -0.4 is 16.0 Å². The number of hydrogen-bond acceptors (Lipinski definition) is 5. The lowest BCUT2D eigenvalue weighted by molar-refractivity contribution is -0.119. The van der Waals surface area contributed by atoms with Gasteiger partial charge >= 0.3 is 6.09 Å². The Bertz CT molecular complexity index is 1580. The monoisotopic (exact) mass is 686 g/mol. The quantitative estimate of drug-likeness (QED) is 0.251. The van der Waals surface area contributed by atoms with Crippen LogP contribution in [0.3, 0.4) is 0 Å². The fraction of sp³-hybridized carbons (Fsp3) is 0.344. The van der Waals surface area contributed by atoms with Crippen LogP contribution >= 0.6 is 39.1 Å². The summed E-state index contributed by atoms with van der Waals surface area (Å²) in [5, 5.41) is 10.6. The Morgan fingerprint density at radius 1 is 1.09 bits per heavy atom. The summed E-state index contributed by atoms with van der Waals surface area (Å²) in [4.78, 5) is 41.9. The summed E-state index contributed by atoms with van der Waals surface area (Å²) < 4.78 is 6.27. The number of benzene rings is 3. The molecule has 0 aromatic heterocycles. The first-order valence-electron chi connectivity index (χ1n) is 14.1. The zero-order chi connectivity index (χ0) is 30.9. The molecule has 1 unspecified atom stereocenters. The molecule has 0 bridgehead atoms. The van der Waals surface area contributed by atoms with E-state index in [-0.39, 0.29) is 24.3 Å². The average molecular weight is 688 g/mol. The van der Waals surface area contributed by atoms with E-state index in [4.69, 9.17) is 27.9 Å². The number of rotatable bonds is 6. The Morgan fingerprint density at radius 2 is 1.86 bits per heavy atom. The second-order valence-electron chi connectivity index (χ2n) is 11.9. The van der Waals surface area contributed by atoms with Crippen LogP contribution in [-0.2, 0) is 21.5 Å². The molecule has 3 amide bonds. The van der Waals surface area contributed by atoms with Crippen LogP contribution in [0.5, 0.6) is 0 Å². The van der Waals surface area contributed by atoms with E-state index in [1.54, 1.807) is 41.3 Å². The third-order valence-electron chi connectivity index (χ3n) is 7.42. The molecule has 3 aromatic carbocycles. The number of nitrogens with one attached hydrogen (secondary N) is 3. The van der Waals surface area contributed by atoms with Gasteiger partial charge in [0.2, 0.25) is 0 Å². The van der Waals surface area contributed by atoms with Crippen LogP contribution in [0.1, 0.15) is 55.1 Å². The first-order valence-corrected chi connectivity index (χ1v) is 15.6. The molecule has 0 saturated carbocycles. The lowest BCUT2D eigenvalue weighted by Gasteiger charge is -2.35. The number of fused-ring (bicyclic) bond motifs is 1. The summed E-state index contributed by atoms with van der Waals surface area (Å²) in [6.45, 7) is 6.39. The molecule has 0 aliphatic carbocycles. The van der Waals surface area contributed by atoms with Crippen molar-refractivity contribution in [2.24, 2.45) is 0 Å². The minimum absolute atomic E-state index is 0.259. The minimum atomic E-state index is -1.27. The van der Waals surface area contributed by atoms with Gasteiger partial charge in [-0.15, -0.1) is 0 Å². The second-order valence-corrected chi connectivity index (χ2v) is 13.7. The van der Waals surface area contributed by atoms with Crippen LogP contribution in [0.15, 0.2) is 65.1 Å². The van der Waals surface area contributed by atoms with E-state index in [9.17, 15) is 14.4 Å². The highest BCUT2D eigenvalue weighted by molar-refractivity contribution is 9.10. The smallest absolute Gasteiger partial charge is 0.410 e. The van der Waals surface area contributed by atoms with E-state index in [1.165, 1.54) is 0 Å². The number of amides is 3. The summed E-state index contributed by atoms with van der Waals surface area (Å²) in [7, 11) is 0. The van der Waals surface area contributed by atoms with E-state index in [2.05, 4.69) is 31.9 Å². The van der Waals surface area contributed by atoms with Crippen molar-refractivity contribution in [3.8, 4) is 0 Å². The van der Waals surface area contributed by atoms with Crippen LogP contribution in [-0.4, -0.2) is 47.5 Å². The van der Waals surface area contributed by atoms with E-state index in [0.717, 1.165) is 22.9 Å². The normalized spacial score (nSPS) is 19.8. The molecule has 1 fully saturated rings. The molecule has 0 spiro atoms. The summed E-state index contributed by atoms with van der Waals surface area (Å²) in [5.41, 5.74) is 1.08. The van der Waals surface area contributed by atoms with Crippen molar-refractivity contribution in [2.75, 3.05) is 23.7 Å². The van der Waals surface area contributed by atoms with Crippen molar-refractivity contribution < 1.29 is 19.1 Å². The molecule has 2 heterocycles. The molecular formula is C32H33BrCl2N4O4. The maximum absolute atomic E-state index is 13.8. The molecule has 11 heteroatoms. The average Bonchev–Trinajstić information content (AvgIpc) is 3.17. The van der Waals surface area contributed by atoms with Crippen molar-refractivity contribution in [1.82, 2.24) is 10.2 Å². The lowest BCUT2D eigenvalue weighted by Crippen LogP contribution is -2.51. The fourth-order valence-corrected chi connectivity index (χ4v) is 6.28. The Kier molecular flexibility index (Phi) is 8.97. The Labute approximate surface area is 269 Å². The molecule has 8 nitrogen and oxygen atoms in total. The zero-order valence-corrected chi connectivity index (χ0v) is 27.2. The number of carbonyl (C=O) groups excluding carboxylic acids is 3. The third-order valence-corrected chi connectivity index (χ3v) is 8.38. The molecule has 3 N–H and O–H groups in total. The van der Waals surface area contributed by atoms with Crippen molar-refractivity contribution in [2.45, 2.75) is 57.2 Å². The van der Waals surface area contributed by atoms with Crippen molar-refractivity contribution in [3.05, 3.63) is 91.9 Å². The standard InChI is InChI=1S/C32H33BrCl2N4O4/c1-31(2,3)43-30(42)39-13-5-8-23(18-39)36-28(40)24-11-9-20(33)15-26(24)38-32(17-19-6-4-7-21(34)14-19)25-12-10-22(35)16-27(25)37-29(32)41/h4,6-7,9-12,14-16,23,38H,5,8,13,17-18H2,1-3H3,(H,36,40)(H,37,41)/t23-,32?/m0/s1. The van der Waals surface area contributed by atoms with Gasteiger partial charge in [-0.25, -0.2) is 4.79 Å². The van der Waals surface area contributed by atoms with E-state index in [1.807, 2.05) is 45.0 Å². The molecular weight excluding hydrogens is 655 g/mol. The van der Waals surface area contributed by atoms with Crippen LogP contribution in [0.25, 0.3) is 0 Å². The predicted molar refractivity (Wildman–Crippen MR) is 173 cm³/mol. The van der Waals surface area contributed by atoms with Gasteiger partial charge in [0.25, 0.3) is 11.8 Å². The Balaban J connectivity index is 1.45. The SMILES string of the molecule is CC(C)(C)OC(=O)N1CCC[C@H](NC(=O)c2ccc(Br)cc2NC2(Cc3cccc(Cl)c3)C(=O)Nc3cc(Cl)ccc32)C1. The fourth-order valence-electron chi connectivity index (χ4n) is 5.54. The van der Waals surface area contributed by atoms with Gasteiger partial charge in [-0.05, 0) is 81.6 Å². The van der Waals surface area contributed by atoms with Gasteiger partial charge in [0.1, 0.15) is 11.1 Å². The van der Waals surface area contributed by atoms with Gasteiger partial charge in [-0.1, -0.05) is 57.3 Å². The van der Waals surface area contributed by atoms with Crippen molar-refractivity contribution in [1.29, 1.82) is 0 Å². The van der Waals surface area contributed by atoms with E-state index in [0.29, 0.717) is 45.6 Å². The number of nitrogens with zero attached hydrogens (tertiary/aromatic N) is 1. The number of anilines is 2. The summed E-state index contributed by atoms with van der Waals surface area (Å²) in [5.74, 6) is -0.602. The number of carbonyl (C=O) groups is 3. The van der Waals surface area contributed by atoms with Crippen LogP contribution in [0, 0.1) is 0 Å². The van der Waals surface area contributed by atoms with Gasteiger partial charge in [0.05, 0.1) is 5.56 Å². The summed E-state index contributed by atoms with van der Waals surface area (Å²) in [6.07, 6.45) is 1.32. The second kappa shape index (κ2) is 12.4. The molecule has 5 rings (SSSR count). The van der Waals surface area contributed by atoms with Gasteiger partial charge in [0.15, 0.2) is 0 Å². The zero-order valence-electron chi connectivity index (χ0n) is 24.1. The van der Waals surface area contributed by atoms with E-state index >= 15 is 0 Å². The number of likely N-dealkylation sites (tertiary alicyclic amines) is 1. The molecule has 2 aliphatic heterocycles. The molecule has 2 atom stereocenters. The highest BCUT2D eigenvalue weighted by Gasteiger charge is 2.47. The molecule has 0 radical (unpaired) electrons. The molecule has 1 saturated heterocycles. The highest BCUT2D eigenvalue weighted by atomic mass is 79.9. The maximum Gasteiger partial charge on any atom is 0.410 e. The molecule has 2 aliphatic rings. The molecule has 43 heavy (non-hydrogen) atoms. The van der Waals surface area contributed by atoms with Gasteiger partial charge in [-0.3, -0.25) is 9.59 Å². The van der Waals surface area contributed by atoms with Gasteiger partial charge in [-0.2, -0.15) is 0 Å². The largest absolute Gasteiger partial charge is 0.444 e. The van der Waals surface area contributed by atoms with Crippen molar-refractivity contribution >= 4 is 68.4 Å². The number of hydrogen-bond donors (Lipinski definition) is 3. The summed E-state index contributed by atoms with van der Waals surface area (Å²) >= 11 is 16.1. The minimum Gasteiger partial charge on any atom is -0.444 e. The van der Waals surface area contributed by atoms with Gasteiger partial charge in [0, 0.05) is 57.0 Å². The third kappa shape index (κ3) is 7.11.